The molecule has 0 bridgehead atoms. The maximum Gasteiger partial charge on any atom is 0.281 e. The van der Waals surface area contributed by atoms with Crippen molar-refractivity contribution in [3.63, 3.8) is 0 Å². The second-order valence-corrected chi connectivity index (χ2v) is 9.78. The zero-order valence-electron chi connectivity index (χ0n) is 19.4. The summed E-state index contributed by atoms with van der Waals surface area (Å²) in [4.78, 5) is 25.8. The van der Waals surface area contributed by atoms with Crippen LogP contribution >= 0.6 is 11.3 Å². The Kier molecular flexibility index (Phi) is 7.22. The Balaban J connectivity index is 1.04. The molecule has 2 saturated heterocycles. The van der Waals surface area contributed by atoms with E-state index in [2.05, 4.69) is 20.9 Å². The van der Waals surface area contributed by atoms with Gasteiger partial charge in [-0.1, -0.05) is 11.3 Å². The summed E-state index contributed by atoms with van der Waals surface area (Å²) < 4.78 is 18.2. The van der Waals surface area contributed by atoms with Crippen molar-refractivity contribution in [2.75, 3.05) is 52.5 Å². The number of piperidine rings is 1. The number of thiazole rings is 1. The van der Waals surface area contributed by atoms with E-state index in [1.807, 2.05) is 42.3 Å². The Labute approximate surface area is 203 Å². The van der Waals surface area contributed by atoms with Gasteiger partial charge in [-0.15, -0.1) is 0 Å². The van der Waals surface area contributed by atoms with Gasteiger partial charge in [-0.2, -0.15) is 4.98 Å². The SMILES string of the molecule is Cc1cnc2nc(Oc3ccc(OCCN4CCC(C(=O)N5CCOCC5)CC4)cc3)sc2c1. The van der Waals surface area contributed by atoms with Crippen molar-refractivity contribution in [1.82, 2.24) is 19.8 Å². The highest BCUT2D eigenvalue weighted by Gasteiger charge is 2.29. The van der Waals surface area contributed by atoms with E-state index in [0.29, 0.717) is 36.6 Å². The van der Waals surface area contributed by atoms with Crippen LogP contribution in [0.25, 0.3) is 10.3 Å². The Morgan fingerprint density at radius 2 is 1.85 bits per heavy atom. The molecule has 0 aliphatic carbocycles. The van der Waals surface area contributed by atoms with Crippen LogP contribution in [-0.4, -0.2) is 78.2 Å². The molecule has 4 heterocycles. The minimum atomic E-state index is 0.151. The summed E-state index contributed by atoms with van der Waals surface area (Å²) in [6, 6.07) is 9.68. The number of rotatable bonds is 7. The van der Waals surface area contributed by atoms with Crippen LogP contribution in [0.1, 0.15) is 18.4 Å². The van der Waals surface area contributed by atoms with Gasteiger partial charge in [-0.25, -0.2) is 4.98 Å². The van der Waals surface area contributed by atoms with Gasteiger partial charge in [0, 0.05) is 31.7 Å². The topological polar surface area (TPSA) is 77.0 Å². The van der Waals surface area contributed by atoms with Gasteiger partial charge in [0.15, 0.2) is 5.65 Å². The average molecular weight is 483 g/mol. The third kappa shape index (κ3) is 5.65. The monoisotopic (exact) mass is 482 g/mol. The van der Waals surface area contributed by atoms with E-state index < -0.39 is 0 Å². The highest BCUT2D eigenvalue weighted by Crippen LogP contribution is 2.31. The molecule has 0 N–H and O–H groups in total. The molecule has 8 nitrogen and oxygen atoms in total. The van der Waals surface area contributed by atoms with Crippen molar-refractivity contribution in [3.8, 4) is 16.7 Å². The van der Waals surface area contributed by atoms with Crippen LogP contribution in [0.4, 0.5) is 0 Å². The van der Waals surface area contributed by atoms with E-state index in [1.54, 1.807) is 0 Å². The maximum absolute atomic E-state index is 12.7. The molecule has 5 rings (SSSR count). The number of morpholine rings is 1. The highest BCUT2D eigenvalue weighted by atomic mass is 32.1. The molecule has 0 radical (unpaired) electrons. The maximum atomic E-state index is 12.7. The lowest BCUT2D eigenvalue weighted by Gasteiger charge is -2.35. The van der Waals surface area contributed by atoms with Crippen molar-refractivity contribution in [3.05, 3.63) is 42.1 Å². The first-order valence-electron chi connectivity index (χ1n) is 11.9. The predicted octanol–water partition coefficient (Wildman–Crippen LogP) is 3.74. The molecule has 0 spiro atoms. The lowest BCUT2D eigenvalue weighted by atomic mass is 9.95. The predicted molar refractivity (Wildman–Crippen MR) is 131 cm³/mol. The summed E-state index contributed by atoms with van der Waals surface area (Å²) >= 11 is 1.49. The zero-order chi connectivity index (χ0) is 23.3. The van der Waals surface area contributed by atoms with E-state index in [4.69, 9.17) is 14.2 Å². The van der Waals surface area contributed by atoms with Crippen LogP contribution in [0.3, 0.4) is 0 Å². The quantitative estimate of drug-likeness (QED) is 0.508. The molecule has 9 heteroatoms. The number of nitrogens with zero attached hydrogens (tertiary/aromatic N) is 4. The summed E-state index contributed by atoms with van der Waals surface area (Å²) in [7, 11) is 0. The van der Waals surface area contributed by atoms with E-state index in [1.165, 1.54) is 11.3 Å². The smallest absolute Gasteiger partial charge is 0.281 e. The molecule has 3 aromatic rings. The van der Waals surface area contributed by atoms with Crippen molar-refractivity contribution in [1.29, 1.82) is 0 Å². The summed E-state index contributed by atoms with van der Waals surface area (Å²) in [6.07, 6.45) is 3.65. The number of likely N-dealkylation sites (tertiary alicyclic amines) is 1. The molecule has 0 unspecified atom stereocenters. The Hall–Kier alpha value is -2.75. The number of fused-ring (bicyclic) bond motifs is 1. The third-order valence-electron chi connectivity index (χ3n) is 6.33. The molecular formula is C25H30N4O4S. The number of aryl methyl sites for hydroxylation is 1. The standard InChI is InChI=1S/C25H30N4O4S/c1-18-16-22-23(26-17-18)27-25(34-22)33-21-4-2-20(3-5-21)32-15-10-28-8-6-19(7-9-28)24(30)29-11-13-31-14-12-29/h2-5,16-17,19H,6-15H2,1H3. The van der Waals surface area contributed by atoms with Gasteiger partial charge in [0.1, 0.15) is 18.1 Å². The number of aromatic nitrogens is 2. The van der Waals surface area contributed by atoms with Crippen LogP contribution in [0, 0.1) is 12.8 Å². The number of hydrogen-bond donors (Lipinski definition) is 0. The second kappa shape index (κ2) is 10.7. The van der Waals surface area contributed by atoms with E-state index >= 15 is 0 Å². The number of pyridine rings is 1. The van der Waals surface area contributed by atoms with Crippen molar-refractivity contribution in [2.45, 2.75) is 19.8 Å². The molecular weight excluding hydrogens is 452 g/mol. The van der Waals surface area contributed by atoms with Crippen LogP contribution in [0.2, 0.25) is 0 Å². The highest BCUT2D eigenvalue weighted by molar-refractivity contribution is 7.20. The summed E-state index contributed by atoms with van der Waals surface area (Å²) in [5.41, 5.74) is 1.81. The van der Waals surface area contributed by atoms with Crippen molar-refractivity contribution >= 4 is 27.6 Å². The molecule has 180 valence electrons. The molecule has 0 atom stereocenters. The fourth-order valence-corrected chi connectivity index (χ4v) is 5.28. The van der Waals surface area contributed by atoms with Gasteiger partial charge in [0.25, 0.3) is 5.19 Å². The number of carbonyl (C=O) groups is 1. The van der Waals surface area contributed by atoms with Gasteiger partial charge in [-0.3, -0.25) is 9.69 Å². The van der Waals surface area contributed by atoms with Crippen LogP contribution in [0.15, 0.2) is 36.5 Å². The van der Waals surface area contributed by atoms with Gasteiger partial charge >= 0.3 is 0 Å². The van der Waals surface area contributed by atoms with Crippen molar-refractivity contribution in [2.24, 2.45) is 5.92 Å². The Bertz CT molecular complexity index is 1110. The number of benzene rings is 1. The summed E-state index contributed by atoms with van der Waals surface area (Å²) in [5, 5.41) is 0.581. The lowest BCUT2D eigenvalue weighted by molar-refractivity contribution is -0.141. The van der Waals surface area contributed by atoms with E-state index in [9.17, 15) is 4.79 Å². The van der Waals surface area contributed by atoms with Crippen LogP contribution in [0.5, 0.6) is 16.7 Å². The molecule has 1 amide bonds. The van der Waals surface area contributed by atoms with Gasteiger partial charge in [0.2, 0.25) is 5.91 Å². The summed E-state index contributed by atoms with van der Waals surface area (Å²) in [5.74, 6) is 1.98. The summed E-state index contributed by atoms with van der Waals surface area (Å²) in [6.45, 7) is 8.15. The molecule has 0 saturated carbocycles. The van der Waals surface area contributed by atoms with Crippen LogP contribution < -0.4 is 9.47 Å². The minimum absolute atomic E-state index is 0.151. The first-order chi connectivity index (χ1) is 16.6. The Morgan fingerprint density at radius 1 is 1.12 bits per heavy atom. The van der Waals surface area contributed by atoms with Crippen LogP contribution in [-0.2, 0) is 9.53 Å². The van der Waals surface area contributed by atoms with Crippen molar-refractivity contribution < 1.29 is 19.0 Å². The van der Waals surface area contributed by atoms with Gasteiger partial charge in [0.05, 0.1) is 17.9 Å². The normalized spacial score (nSPS) is 17.7. The number of carbonyl (C=O) groups excluding carboxylic acids is 1. The largest absolute Gasteiger partial charge is 0.492 e. The third-order valence-corrected chi connectivity index (χ3v) is 7.20. The zero-order valence-corrected chi connectivity index (χ0v) is 20.3. The number of hydrogen-bond acceptors (Lipinski definition) is 8. The minimum Gasteiger partial charge on any atom is -0.492 e. The van der Waals surface area contributed by atoms with Gasteiger partial charge < -0.3 is 19.1 Å². The fraction of sp³-hybridized carbons (Fsp3) is 0.480. The van der Waals surface area contributed by atoms with E-state index in [0.717, 1.165) is 67.3 Å². The first kappa shape index (κ1) is 23.0. The molecule has 2 aromatic heterocycles. The molecule has 2 aliphatic rings. The van der Waals surface area contributed by atoms with Gasteiger partial charge in [-0.05, 0) is 68.8 Å². The average Bonchev–Trinajstić information content (AvgIpc) is 3.27. The first-order valence-corrected chi connectivity index (χ1v) is 12.7. The molecule has 2 fully saturated rings. The second-order valence-electron chi connectivity index (χ2n) is 8.79. The number of amides is 1. The van der Waals surface area contributed by atoms with E-state index in [-0.39, 0.29) is 5.92 Å². The molecule has 2 aliphatic heterocycles. The fourth-order valence-electron chi connectivity index (χ4n) is 4.38. The lowest BCUT2D eigenvalue weighted by Crippen LogP contribution is -2.47. The Morgan fingerprint density at radius 3 is 2.62 bits per heavy atom. The number of ether oxygens (including phenoxy) is 3. The molecule has 1 aromatic carbocycles. The molecule has 34 heavy (non-hydrogen) atoms.